The number of thiophene rings is 1. The van der Waals surface area contributed by atoms with E-state index >= 15 is 0 Å². The second-order valence-corrected chi connectivity index (χ2v) is 8.53. The van der Waals surface area contributed by atoms with E-state index in [0.29, 0.717) is 17.3 Å². The summed E-state index contributed by atoms with van der Waals surface area (Å²) in [7, 11) is -3.34. The van der Waals surface area contributed by atoms with Gasteiger partial charge in [0.05, 0.1) is 0 Å². The van der Waals surface area contributed by atoms with Crippen LogP contribution in [0.15, 0.2) is 52.7 Å². The van der Waals surface area contributed by atoms with E-state index in [1.165, 1.54) is 22.5 Å². The normalized spacial score (nSPS) is 16.7. The third-order valence-corrected chi connectivity index (χ3v) is 6.96. The SMILES string of the molecule is Cc1ccc(S(=O)(=O)N2CC=C(c3ccccc3)CC2)s1. The maximum absolute atomic E-state index is 12.6. The molecule has 0 bridgehead atoms. The highest BCUT2D eigenvalue weighted by Crippen LogP contribution is 2.28. The summed E-state index contributed by atoms with van der Waals surface area (Å²) in [5.74, 6) is 0. The monoisotopic (exact) mass is 319 g/mol. The molecule has 1 aromatic carbocycles. The Morgan fingerprint density at radius 1 is 1.10 bits per heavy atom. The van der Waals surface area contributed by atoms with E-state index in [0.717, 1.165) is 11.3 Å². The van der Waals surface area contributed by atoms with Crippen LogP contribution in [-0.2, 0) is 10.0 Å². The van der Waals surface area contributed by atoms with Gasteiger partial charge in [0, 0.05) is 18.0 Å². The van der Waals surface area contributed by atoms with Gasteiger partial charge in [0.15, 0.2) is 0 Å². The molecule has 0 N–H and O–H groups in total. The van der Waals surface area contributed by atoms with Gasteiger partial charge in [-0.25, -0.2) is 8.42 Å². The van der Waals surface area contributed by atoms with Crippen molar-refractivity contribution < 1.29 is 8.42 Å². The summed E-state index contributed by atoms with van der Waals surface area (Å²) in [6.45, 7) is 2.91. The molecule has 2 heterocycles. The van der Waals surface area contributed by atoms with Crippen LogP contribution in [0, 0.1) is 6.92 Å². The molecule has 2 aromatic rings. The molecule has 1 aliphatic rings. The zero-order valence-electron chi connectivity index (χ0n) is 11.8. The fraction of sp³-hybridized carbons (Fsp3) is 0.250. The summed E-state index contributed by atoms with van der Waals surface area (Å²) in [5, 5.41) is 0. The van der Waals surface area contributed by atoms with Crippen LogP contribution in [0.1, 0.15) is 16.9 Å². The van der Waals surface area contributed by atoms with Crippen molar-refractivity contribution in [1.29, 1.82) is 0 Å². The molecule has 0 amide bonds. The molecule has 0 aliphatic carbocycles. The maximum atomic E-state index is 12.6. The van der Waals surface area contributed by atoms with E-state index < -0.39 is 10.0 Å². The summed E-state index contributed by atoms with van der Waals surface area (Å²) >= 11 is 1.34. The number of aryl methyl sites for hydroxylation is 1. The van der Waals surface area contributed by atoms with Gasteiger partial charge in [-0.15, -0.1) is 11.3 Å². The highest BCUT2D eigenvalue weighted by Gasteiger charge is 2.27. The lowest BCUT2D eigenvalue weighted by molar-refractivity contribution is 0.442. The van der Waals surface area contributed by atoms with Crippen molar-refractivity contribution in [1.82, 2.24) is 4.31 Å². The lowest BCUT2D eigenvalue weighted by Crippen LogP contribution is -2.34. The molecule has 0 spiro atoms. The van der Waals surface area contributed by atoms with E-state index in [-0.39, 0.29) is 0 Å². The summed E-state index contributed by atoms with van der Waals surface area (Å²) < 4.78 is 27.1. The highest BCUT2D eigenvalue weighted by molar-refractivity contribution is 7.91. The van der Waals surface area contributed by atoms with Gasteiger partial charge in [-0.05, 0) is 36.6 Å². The second kappa shape index (κ2) is 5.75. The number of nitrogens with zero attached hydrogens (tertiary/aromatic N) is 1. The molecule has 0 atom stereocenters. The largest absolute Gasteiger partial charge is 0.252 e. The fourth-order valence-corrected chi connectivity index (χ4v) is 5.28. The molecule has 0 fully saturated rings. The Labute approximate surface area is 129 Å². The van der Waals surface area contributed by atoms with E-state index in [1.807, 2.05) is 37.3 Å². The average molecular weight is 319 g/mol. The molecule has 0 radical (unpaired) electrons. The summed E-state index contributed by atoms with van der Waals surface area (Å²) in [6, 6.07) is 13.7. The third-order valence-electron chi connectivity index (χ3n) is 3.63. The Morgan fingerprint density at radius 3 is 2.43 bits per heavy atom. The maximum Gasteiger partial charge on any atom is 0.252 e. The lowest BCUT2D eigenvalue weighted by Gasteiger charge is -2.25. The second-order valence-electron chi connectivity index (χ2n) is 5.07. The van der Waals surface area contributed by atoms with Crippen LogP contribution >= 0.6 is 11.3 Å². The van der Waals surface area contributed by atoms with Gasteiger partial charge < -0.3 is 0 Å². The quantitative estimate of drug-likeness (QED) is 0.868. The fourth-order valence-electron chi connectivity index (χ4n) is 2.46. The van der Waals surface area contributed by atoms with Gasteiger partial charge in [-0.1, -0.05) is 36.4 Å². The van der Waals surface area contributed by atoms with Crippen LogP contribution in [0.5, 0.6) is 0 Å². The van der Waals surface area contributed by atoms with Crippen molar-refractivity contribution in [2.45, 2.75) is 17.6 Å². The van der Waals surface area contributed by atoms with Crippen molar-refractivity contribution in [3.05, 3.63) is 59.0 Å². The minimum absolute atomic E-state index is 0.441. The molecule has 110 valence electrons. The summed E-state index contributed by atoms with van der Waals surface area (Å²) in [4.78, 5) is 1.02. The first-order chi connectivity index (χ1) is 10.1. The van der Waals surface area contributed by atoms with E-state index in [2.05, 4.69) is 12.1 Å². The van der Waals surface area contributed by atoms with Gasteiger partial charge in [0.2, 0.25) is 0 Å². The van der Waals surface area contributed by atoms with Crippen LogP contribution in [0.25, 0.3) is 5.57 Å². The number of hydrogen-bond acceptors (Lipinski definition) is 3. The molecule has 1 aliphatic heterocycles. The molecule has 0 unspecified atom stereocenters. The molecule has 0 saturated carbocycles. The van der Waals surface area contributed by atoms with Gasteiger partial charge >= 0.3 is 0 Å². The molecule has 3 nitrogen and oxygen atoms in total. The first-order valence-corrected chi connectivity index (χ1v) is 9.14. The topological polar surface area (TPSA) is 37.4 Å². The number of benzene rings is 1. The van der Waals surface area contributed by atoms with Crippen molar-refractivity contribution >= 4 is 26.9 Å². The molecule has 3 rings (SSSR count). The Kier molecular flexibility index (Phi) is 3.97. The number of rotatable bonds is 3. The van der Waals surface area contributed by atoms with Gasteiger partial charge in [0.1, 0.15) is 4.21 Å². The first kappa shape index (κ1) is 14.5. The Morgan fingerprint density at radius 2 is 1.86 bits per heavy atom. The first-order valence-electron chi connectivity index (χ1n) is 6.88. The highest BCUT2D eigenvalue weighted by atomic mass is 32.2. The predicted molar refractivity (Wildman–Crippen MR) is 86.9 cm³/mol. The molecular formula is C16H17NO2S2. The van der Waals surface area contributed by atoms with E-state index in [4.69, 9.17) is 0 Å². The average Bonchev–Trinajstić information content (AvgIpc) is 2.96. The minimum Gasteiger partial charge on any atom is -0.206 e. The zero-order valence-corrected chi connectivity index (χ0v) is 13.5. The van der Waals surface area contributed by atoms with Gasteiger partial charge in [0.25, 0.3) is 10.0 Å². The standard InChI is InChI=1S/C16H17NO2S2/c1-13-7-8-16(20-13)21(18,19)17-11-9-15(10-12-17)14-5-3-2-4-6-14/h2-9H,10-12H2,1H3. The van der Waals surface area contributed by atoms with Crippen LogP contribution in [0.2, 0.25) is 0 Å². The Balaban J connectivity index is 1.81. The summed E-state index contributed by atoms with van der Waals surface area (Å²) in [5.41, 5.74) is 2.41. The number of hydrogen-bond donors (Lipinski definition) is 0. The van der Waals surface area contributed by atoms with Crippen LogP contribution in [0.3, 0.4) is 0 Å². The number of sulfonamides is 1. The Hall–Kier alpha value is -1.43. The Bertz CT molecular complexity index is 761. The van der Waals surface area contributed by atoms with Crippen LogP contribution < -0.4 is 0 Å². The van der Waals surface area contributed by atoms with Crippen molar-refractivity contribution in [2.75, 3.05) is 13.1 Å². The lowest BCUT2D eigenvalue weighted by atomic mass is 10.0. The van der Waals surface area contributed by atoms with Gasteiger partial charge in [-0.3, -0.25) is 0 Å². The van der Waals surface area contributed by atoms with E-state index in [9.17, 15) is 8.42 Å². The predicted octanol–water partition coefficient (Wildman–Crippen LogP) is 3.53. The van der Waals surface area contributed by atoms with E-state index in [1.54, 1.807) is 10.4 Å². The smallest absolute Gasteiger partial charge is 0.206 e. The van der Waals surface area contributed by atoms with Crippen molar-refractivity contribution in [2.24, 2.45) is 0 Å². The van der Waals surface area contributed by atoms with Gasteiger partial charge in [-0.2, -0.15) is 4.31 Å². The third kappa shape index (κ3) is 2.95. The summed E-state index contributed by atoms with van der Waals surface area (Å²) in [6.07, 6.45) is 2.78. The van der Waals surface area contributed by atoms with Crippen LogP contribution in [0.4, 0.5) is 0 Å². The molecule has 21 heavy (non-hydrogen) atoms. The molecular weight excluding hydrogens is 302 g/mol. The minimum atomic E-state index is -3.34. The van der Waals surface area contributed by atoms with Crippen molar-refractivity contribution in [3.63, 3.8) is 0 Å². The zero-order chi connectivity index (χ0) is 14.9. The molecule has 5 heteroatoms. The molecule has 1 aromatic heterocycles. The van der Waals surface area contributed by atoms with Crippen LogP contribution in [-0.4, -0.2) is 25.8 Å². The molecule has 0 saturated heterocycles. The van der Waals surface area contributed by atoms with Crippen molar-refractivity contribution in [3.8, 4) is 0 Å².